The van der Waals surface area contributed by atoms with Crippen molar-refractivity contribution in [2.24, 2.45) is 5.73 Å². The normalized spacial score (nSPS) is 20.1. The fraction of sp³-hybridized carbons (Fsp3) is 0.273. The molecule has 12 heteroatoms. The molecule has 0 spiro atoms. The van der Waals surface area contributed by atoms with Gasteiger partial charge in [0.1, 0.15) is 23.4 Å². The molecule has 0 bridgehead atoms. The predicted octanol–water partition coefficient (Wildman–Crippen LogP) is 1.48. The smallest absolute Gasteiger partial charge is 0.405 e. The molecule has 4 amide bonds. The minimum absolute atomic E-state index is 0.111. The molecule has 2 atom stereocenters. The molecule has 180 valence electrons. The minimum atomic E-state index is -2.27. The summed E-state index contributed by atoms with van der Waals surface area (Å²) in [6.07, 6.45) is -3.19. The van der Waals surface area contributed by atoms with Crippen LogP contribution in [0.4, 0.5) is 15.3 Å². The number of benzene rings is 2. The highest BCUT2D eigenvalue weighted by atomic mass is 16.5. The second-order valence-electron chi connectivity index (χ2n) is 7.35. The number of hydrogen-bond acceptors (Lipinski definition) is 8. The van der Waals surface area contributed by atoms with Gasteiger partial charge in [0, 0.05) is 25.2 Å². The van der Waals surface area contributed by atoms with Gasteiger partial charge in [0.15, 0.2) is 5.54 Å². The van der Waals surface area contributed by atoms with Crippen LogP contribution in [0.15, 0.2) is 42.5 Å². The van der Waals surface area contributed by atoms with Crippen molar-refractivity contribution in [1.82, 2.24) is 10.2 Å². The summed E-state index contributed by atoms with van der Waals surface area (Å²) in [5.41, 5.74) is 4.38. The number of esters is 1. The summed E-state index contributed by atoms with van der Waals surface area (Å²) in [6.45, 7) is 1.15. The van der Waals surface area contributed by atoms with Crippen LogP contribution in [0.3, 0.4) is 0 Å². The summed E-state index contributed by atoms with van der Waals surface area (Å²) < 4.78 is 15.6. The fourth-order valence-corrected chi connectivity index (χ4v) is 3.79. The number of ether oxygens (including phenoxy) is 3. The van der Waals surface area contributed by atoms with Crippen LogP contribution in [-0.4, -0.2) is 61.4 Å². The summed E-state index contributed by atoms with van der Waals surface area (Å²) in [5.74, 6) is -1.09. The van der Waals surface area contributed by atoms with E-state index < -0.39 is 35.7 Å². The van der Waals surface area contributed by atoms with Gasteiger partial charge < -0.3 is 25.1 Å². The van der Waals surface area contributed by atoms with Gasteiger partial charge in [0.25, 0.3) is 5.91 Å². The Labute approximate surface area is 194 Å². The van der Waals surface area contributed by atoms with Crippen molar-refractivity contribution in [2.45, 2.75) is 18.6 Å². The molecule has 34 heavy (non-hydrogen) atoms. The lowest BCUT2D eigenvalue weighted by atomic mass is 9.82. The van der Waals surface area contributed by atoms with Crippen LogP contribution in [0, 0.1) is 0 Å². The number of urea groups is 1. The number of carboxylic acid groups (broad SMARTS) is 1. The van der Waals surface area contributed by atoms with Gasteiger partial charge in [-0.15, -0.1) is 0 Å². The van der Waals surface area contributed by atoms with Gasteiger partial charge >= 0.3 is 18.1 Å². The van der Waals surface area contributed by atoms with Crippen LogP contribution < -0.4 is 30.2 Å². The summed E-state index contributed by atoms with van der Waals surface area (Å²) in [4.78, 5) is 52.2. The zero-order valence-electron chi connectivity index (χ0n) is 18.9. The zero-order chi connectivity index (χ0) is 25.2. The van der Waals surface area contributed by atoms with Crippen molar-refractivity contribution >= 4 is 29.7 Å². The number of carbonyl (C=O) groups excluding carboxylic acids is 3. The molecular weight excluding hydrogens is 448 g/mol. The third-order valence-electron chi connectivity index (χ3n) is 5.38. The van der Waals surface area contributed by atoms with E-state index in [-0.39, 0.29) is 22.7 Å². The summed E-state index contributed by atoms with van der Waals surface area (Å²) in [6, 6.07) is 9.56. The molecule has 2 aromatic carbocycles. The molecule has 12 nitrogen and oxygen atoms in total. The quantitative estimate of drug-likeness (QED) is 0.418. The molecular formula is C22H24N4O8. The van der Waals surface area contributed by atoms with E-state index in [9.17, 15) is 24.3 Å². The number of nitrogens with zero attached hydrogens (tertiary/aromatic N) is 2. The fourth-order valence-electron chi connectivity index (χ4n) is 3.79. The Bertz CT molecular complexity index is 1140. The molecule has 1 heterocycles. The number of amides is 4. The van der Waals surface area contributed by atoms with Gasteiger partial charge in [0.05, 0.1) is 14.2 Å². The number of nitrogens with two attached hydrogens (primary N) is 1. The summed E-state index contributed by atoms with van der Waals surface area (Å²) in [7, 11) is 4.03. The number of imide groups is 1. The van der Waals surface area contributed by atoms with Gasteiger partial charge in [-0.3, -0.25) is 24.7 Å². The predicted molar refractivity (Wildman–Crippen MR) is 119 cm³/mol. The van der Waals surface area contributed by atoms with Gasteiger partial charge in [-0.1, -0.05) is 0 Å². The van der Waals surface area contributed by atoms with E-state index in [1.807, 2.05) is 0 Å². The van der Waals surface area contributed by atoms with Crippen molar-refractivity contribution in [3.05, 3.63) is 48.0 Å². The molecule has 0 saturated carbocycles. The molecule has 2 aromatic rings. The first-order chi connectivity index (χ1) is 16.1. The van der Waals surface area contributed by atoms with Crippen LogP contribution in [-0.2, 0) is 15.1 Å². The standard InChI is InChI=1S/C22H24N4O8/c1-12(27)34-17-10-9-15(33-4)11-16(17)22(24-20(29)30)18(23)26(21(31)25(2)19(22)28)13-5-7-14(32-3)8-6-13/h5-11,18,24H,23H2,1-4H3,(H,29,30). The van der Waals surface area contributed by atoms with Crippen LogP contribution in [0.5, 0.6) is 17.2 Å². The number of nitrogens with one attached hydrogen (secondary N) is 1. The lowest BCUT2D eigenvalue weighted by molar-refractivity contribution is -0.138. The average Bonchev–Trinajstić information content (AvgIpc) is 2.81. The van der Waals surface area contributed by atoms with E-state index in [0.717, 1.165) is 16.7 Å². The Hall–Kier alpha value is -4.32. The summed E-state index contributed by atoms with van der Waals surface area (Å²) in [5, 5.41) is 11.9. The zero-order valence-corrected chi connectivity index (χ0v) is 18.9. The van der Waals surface area contributed by atoms with Crippen molar-refractivity contribution < 1.29 is 38.5 Å². The first kappa shape index (κ1) is 24.3. The van der Waals surface area contributed by atoms with Crippen LogP contribution in [0.2, 0.25) is 0 Å². The van der Waals surface area contributed by atoms with Gasteiger partial charge in [-0.05, 0) is 42.5 Å². The Morgan fingerprint density at radius 3 is 2.18 bits per heavy atom. The molecule has 1 aliphatic rings. The van der Waals surface area contributed by atoms with E-state index in [2.05, 4.69) is 5.32 Å². The van der Waals surface area contributed by atoms with Crippen molar-refractivity contribution in [2.75, 3.05) is 26.2 Å². The van der Waals surface area contributed by atoms with Gasteiger partial charge in [-0.2, -0.15) is 0 Å². The third-order valence-corrected chi connectivity index (χ3v) is 5.38. The lowest BCUT2D eigenvalue weighted by Crippen LogP contribution is -2.76. The maximum atomic E-state index is 13.6. The Balaban J connectivity index is 2.31. The van der Waals surface area contributed by atoms with E-state index in [4.69, 9.17) is 19.9 Å². The SMILES string of the molecule is COc1ccc(N2C(=O)N(C)C(=O)C(NC(=O)O)(c3cc(OC)ccc3OC(C)=O)C2N)cc1. The highest BCUT2D eigenvalue weighted by molar-refractivity contribution is 6.11. The minimum Gasteiger partial charge on any atom is -0.497 e. The maximum absolute atomic E-state index is 13.6. The Morgan fingerprint density at radius 1 is 1.06 bits per heavy atom. The maximum Gasteiger partial charge on any atom is 0.405 e. The molecule has 1 aliphatic heterocycles. The van der Waals surface area contributed by atoms with Crippen LogP contribution in [0.1, 0.15) is 12.5 Å². The van der Waals surface area contributed by atoms with E-state index in [0.29, 0.717) is 5.75 Å². The van der Waals surface area contributed by atoms with Crippen molar-refractivity contribution in [3.8, 4) is 17.2 Å². The third kappa shape index (κ3) is 4.06. The molecule has 1 fully saturated rings. The topological polar surface area (TPSA) is 161 Å². The van der Waals surface area contributed by atoms with Crippen LogP contribution in [0.25, 0.3) is 0 Å². The highest BCUT2D eigenvalue weighted by Gasteiger charge is 2.59. The monoisotopic (exact) mass is 472 g/mol. The lowest BCUT2D eigenvalue weighted by Gasteiger charge is -2.49. The molecule has 0 radical (unpaired) electrons. The Morgan fingerprint density at radius 2 is 1.65 bits per heavy atom. The average molecular weight is 472 g/mol. The van der Waals surface area contributed by atoms with Crippen molar-refractivity contribution in [3.63, 3.8) is 0 Å². The Kier molecular flexibility index (Phi) is 6.63. The highest BCUT2D eigenvalue weighted by Crippen LogP contribution is 2.41. The molecule has 1 saturated heterocycles. The largest absolute Gasteiger partial charge is 0.497 e. The van der Waals surface area contributed by atoms with E-state index >= 15 is 0 Å². The first-order valence-corrected chi connectivity index (χ1v) is 9.95. The van der Waals surface area contributed by atoms with E-state index in [1.165, 1.54) is 51.6 Å². The molecule has 4 N–H and O–H groups in total. The number of carbonyl (C=O) groups is 4. The second kappa shape index (κ2) is 9.27. The number of hydrogen-bond donors (Lipinski definition) is 3. The number of rotatable bonds is 6. The van der Waals surface area contributed by atoms with E-state index in [1.54, 1.807) is 12.1 Å². The second-order valence-corrected chi connectivity index (χ2v) is 7.35. The molecule has 3 rings (SSSR count). The van der Waals surface area contributed by atoms with Crippen molar-refractivity contribution in [1.29, 1.82) is 0 Å². The van der Waals surface area contributed by atoms with Gasteiger partial charge in [0.2, 0.25) is 0 Å². The first-order valence-electron chi connectivity index (χ1n) is 9.95. The van der Waals surface area contributed by atoms with Crippen LogP contribution >= 0.6 is 0 Å². The molecule has 0 aliphatic carbocycles. The number of likely N-dealkylation sites (N-methyl/N-ethyl adjacent to an activating group) is 1. The number of anilines is 1. The summed E-state index contributed by atoms with van der Waals surface area (Å²) >= 11 is 0. The molecule has 0 aromatic heterocycles. The molecule has 2 unspecified atom stereocenters. The number of methoxy groups -OCH3 is 2. The van der Waals surface area contributed by atoms with Gasteiger partial charge in [-0.25, -0.2) is 9.59 Å².